The van der Waals surface area contributed by atoms with Crippen LogP contribution >= 0.6 is 27.7 Å². The summed E-state index contributed by atoms with van der Waals surface area (Å²) in [5.74, 6) is -0.259. The number of amidine groups is 1. The summed E-state index contributed by atoms with van der Waals surface area (Å²) in [5.41, 5.74) is 0.765. The molecule has 0 fully saturated rings. The highest BCUT2D eigenvalue weighted by atomic mass is 79.9. The second kappa shape index (κ2) is 5.83. The van der Waals surface area contributed by atoms with Crippen molar-refractivity contribution >= 4 is 38.5 Å². The first-order chi connectivity index (χ1) is 8.83. The van der Waals surface area contributed by atoms with E-state index in [9.17, 15) is 4.39 Å². The molecule has 1 aliphatic rings. The van der Waals surface area contributed by atoms with E-state index in [0.29, 0.717) is 16.4 Å². The maximum absolute atomic E-state index is 13.6. The normalized spacial score (nSPS) is 19.4. The largest absolute Gasteiger partial charge is 0.333 e. The summed E-state index contributed by atoms with van der Waals surface area (Å²) in [6, 6.07) is 4.86. The fraction of sp³-hybridized carbons (Fsp3) is 0.500. The monoisotopic (exact) mass is 344 g/mol. The number of nitrogens with one attached hydrogen (secondary N) is 1. The van der Waals surface area contributed by atoms with Crippen molar-refractivity contribution in [1.82, 2.24) is 0 Å². The van der Waals surface area contributed by atoms with Gasteiger partial charge in [0, 0.05) is 9.72 Å². The lowest BCUT2D eigenvalue weighted by Crippen LogP contribution is -2.16. The van der Waals surface area contributed by atoms with Crippen molar-refractivity contribution in [2.75, 3.05) is 11.9 Å². The topological polar surface area (TPSA) is 24.4 Å². The average Bonchev–Trinajstić information content (AvgIpc) is 2.68. The SMILES string of the molecule is CC(C)(C)CC1CN=C(Nc2cc(Br)ccc2F)S1. The third-order valence-electron chi connectivity index (χ3n) is 2.73. The van der Waals surface area contributed by atoms with Gasteiger partial charge >= 0.3 is 0 Å². The minimum Gasteiger partial charge on any atom is -0.333 e. The van der Waals surface area contributed by atoms with Crippen LogP contribution in [0.4, 0.5) is 10.1 Å². The Bertz CT molecular complexity index is 497. The summed E-state index contributed by atoms with van der Waals surface area (Å²) in [6.45, 7) is 7.49. The molecule has 19 heavy (non-hydrogen) atoms. The minimum atomic E-state index is -0.259. The molecule has 1 aromatic rings. The molecule has 0 saturated heterocycles. The zero-order valence-electron chi connectivity index (χ0n) is 11.3. The van der Waals surface area contributed by atoms with Crippen LogP contribution in [0, 0.1) is 11.2 Å². The molecule has 0 bridgehead atoms. The first-order valence-electron chi connectivity index (χ1n) is 6.27. The van der Waals surface area contributed by atoms with E-state index in [1.54, 1.807) is 23.9 Å². The molecule has 1 unspecified atom stereocenters. The van der Waals surface area contributed by atoms with Crippen molar-refractivity contribution in [2.24, 2.45) is 10.4 Å². The van der Waals surface area contributed by atoms with E-state index in [1.807, 2.05) is 0 Å². The van der Waals surface area contributed by atoms with E-state index in [1.165, 1.54) is 6.07 Å². The van der Waals surface area contributed by atoms with Gasteiger partial charge in [0.2, 0.25) is 0 Å². The number of benzene rings is 1. The molecule has 1 atom stereocenters. The molecule has 1 aromatic carbocycles. The number of halogens is 2. The minimum absolute atomic E-state index is 0.259. The molecule has 2 nitrogen and oxygen atoms in total. The zero-order valence-corrected chi connectivity index (χ0v) is 13.7. The Kier molecular flexibility index (Phi) is 4.56. The van der Waals surface area contributed by atoms with Crippen molar-refractivity contribution in [3.05, 3.63) is 28.5 Å². The Morgan fingerprint density at radius 2 is 2.21 bits per heavy atom. The van der Waals surface area contributed by atoms with Crippen LogP contribution in [0.15, 0.2) is 27.7 Å². The van der Waals surface area contributed by atoms with E-state index in [2.05, 4.69) is 47.0 Å². The maximum Gasteiger partial charge on any atom is 0.161 e. The van der Waals surface area contributed by atoms with E-state index < -0.39 is 0 Å². The first-order valence-corrected chi connectivity index (χ1v) is 7.94. The molecule has 0 amide bonds. The first kappa shape index (κ1) is 14.9. The fourth-order valence-corrected chi connectivity index (χ4v) is 3.71. The molecule has 1 aliphatic heterocycles. The smallest absolute Gasteiger partial charge is 0.161 e. The van der Waals surface area contributed by atoms with E-state index in [4.69, 9.17) is 0 Å². The van der Waals surface area contributed by atoms with Crippen LogP contribution in [0.5, 0.6) is 0 Å². The molecule has 0 aromatic heterocycles. The molecule has 0 aliphatic carbocycles. The van der Waals surface area contributed by atoms with Gasteiger partial charge in [0.15, 0.2) is 5.17 Å². The summed E-state index contributed by atoms with van der Waals surface area (Å²) < 4.78 is 14.5. The van der Waals surface area contributed by atoms with Crippen molar-refractivity contribution in [3.8, 4) is 0 Å². The third kappa shape index (κ3) is 4.49. The Balaban J connectivity index is 1.97. The van der Waals surface area contributed by atoms with Crippen LogP contribution in [-0.4, -0.2) is 17.0 Å². The van der Waals surface area contributed by atoms with Crippen LogP contribution in [-0.2, 0) is 0 Å². The van der Waals surface area contributed by atoms with Gasteiger partial charge in [0.25, 0.3) is 0 Å². The highest BCUT2D eigenvalue weighted by molar-refractivity contribution is 9.10. The summed E-state index contributed by atoms with van der Waals surface area (Å²) in [6.07, 6.45) is 1.10. The molecule has 1 heterocycles. The molecule has 104 valence electrons. The van der Waals surface area contributed by atoms with Crippen LogP contribution in [0.3, 0.4) is 0 Å². The Morgan fingerprint density at radius 3 is 2.89 bits per heavy atom. The molecule has 5 heteroatoms. The number of rotatable bonds is 2. The lowest BCUT2D eigenvalue weighted by Gasteiger charge is -2.21. The van der Waals surface area contributed by atoms with E-state index in [-0.39, 0.29) is 5.82 Å². The van der Waals surface area contributed by atoms with Gasteiger partial charge in [0.05, 0.1) is 12.2 Å². The number of aliphatic imine (C=N–C) groups is 1. The molecule has 2 rings (SSSR count). The van der Waals surface area contributed by atoms with E-state index >= 15 is 0 Å². The van der Waals surface area contributed by atoms with Crippen molar-refractivity contribution < 1.29 is 4.39 Å². The predicted octanol–water partition coefficient (Wildman–Crippen LogP) is 4.91. The van der Waals surface area contributed by atoms with Crippen LogP contribution in [0.2, 0.25) is 0 Å². The highest BCUT2D eigenvalue weighted by Gasteiger charge is 2.25. The molecular weight excluding hydrogens is 327 g/mol. The molecule has 0 spiro atoms. The van der Waals surface area contributed by atoms with Gasteiger partial charge in [0.1, 0.15) is 5.82 Å². The van der Waals surface area contributed by atoms with Gasteiger partial charge in [-0.1, -0.05) is 48.5 Å². The number of hydrogen-bond donors (Lipinski definition) is 1. The van der Waals surface area contributed by atoms with Crippen molar-refractivity contribution in [1.29, 1.82) is 0 Å². The fourth-order valence-electron chi connectivity index (χ4n) is 1.98. The highest BCUT2D eigenvalue weighted by Crippen LogP contribution is 2.33. The van der Waals surface area contributed by atoms with Gasteiger partial charge in [-0.05, 0) is 30.0 Å². The Hall–Kier alpha value is -0.550. The lowest BCUT2D eigenvalue weighted by atomic mass is 9.90. The van der Waals surface area contributed by atoms with Crippen molar-refractivity contribution in [2.45, 2.75) is 32.4 Å². The van der Waals surface area contributed by atoms with Crippen LogP contribution in [0.1, 0.15) is 27.2 Å². The van der Waals surface area contributed by atoms with Gasteiger partial charge < -0.3 is 5.32 Å². The summed E-state index contributed by atoms with van der Waals surface area (Å²) >= 11 is 5.05. The summed E-state index contributed by atoms with van der Waals surface area (Å²) in [4.78, 5) is 4.45. The average molecular weight is 345 g/mol. The van der Waals surface area contributed by atoms with Crippen LogP contribution in [0.25, 0.3) is 0 Å². The molecule has 0 saturated carbocycles. The van der Waals surface area contributed by atoms with Gasteiger partial charge in [-0.25, -0.2) is 4.39 Å². The number of nitrogens with zero attached hydrogens (tertiary/aromatic N) is 1. The van der Waals surface area contributed by atoms with Crippen molar-refractivity contribution in [3.63, 3.8) is 0 Å². The quantitative estimate of drug-likeness (QED) is 0.824. The van der Waals surface area contributed by atoms with E-state index in [0.717, 1.165) is 22.6 Å². The second-order valence-corrected chi connectivity index (χ2v) is 8.10. The molecule has 0 radical (unpaired) electrons. The Morgan fingerprint density at radius 1 is 1.47 bits per heavy atom. The predicted molar refractivity (Wildman–Crippen MR) is 85.5 cm³/mol. The van der Waals surface area contributed by atoms with Gasteiger partial charge in [-0.15, -0.1) is 0 Å². The zero-order chi connectivity index (χ0) is 14.0. The second-order valence-electron chi connectivity index (χ2n) is 5.90. The third-order valence-corrected chi connectivity index (χ3v) is 4.32. The number of hydrogen-bond acceptors (Lipinski definition) is 3. The van der Waals surface area contributed by atoms with Gasteiger partial charge in [-0.3, -0.25) is 4.99 Å². The molecule has 1 N–H and O–H groups in total. The van der Waals surface area contributed by atoms with Gasteiger partial charge in [-0.2, -0.15) is 0 Å². The number of thioether (sulfide) groups is 1. The standard InChI is InChI=1S/C14H18BrFN2S/c1-14(2,3)7-10-8-17-13(19-10)18-12-6-9(15)4-5-11(12)16/h4-6,10H,7-8H2,1-3H3,(H,17,18). The summed E-state index contributed by atoms with van der Waals surface area (Å²) in [7, 11) is 0. The van der Waals surface area contributed by atoms with Crippen LogP contribution < -0.4 is 5.32 Å². The summed E-state index contributed by atoms with van der Waals surface area (Å²) in [5, 5.41) is 4.37. The Labute approximate surface area is 126 Å². The number of anilines is 1. The maximum atomic E-state index is 13.6. The lowest BCUT2D eigenvalue weighted by molar-refractivity contribution is 0.375. The molecular formula is C14H18BrFN2S.